The SMILES string of the molecule is CCNCCNC(=O)CCCOc1ccc(S(C)(=O)=O)cc1. The molecule has 0 saturated heterocycles. The lowest BCUT2D eigenvalue weighted by Crippen LogP contribution is -2.31. The molecule has 0 heterocycles. The third kappa shape index (κ3) is 7.42. The molecule has 6 nitrogen and oxygen atoms in total. The van der Waals surface area contributed by atoms with Gasteiger partial charge in [-0.2, -0.15) is 0 Å². The Kier molecular flexibility index (Phi) is 7.90. The Morgan fingerprint density at radius 2 is 1.86 bits per heavy atom. The van der Waals surface area contributed by atoms with Gasteiger partial charge in [-0.25, -0.2) is 8.42 Å². The van der Waals surface area contributed by atoms with Crippen LogP contribution in [0.4, 0.5) is 0 Å². The summed E-state index contributed by atoms with van der Waals surface area (Å²) in [6, 6.07) is 6.26. The summed E-state index contributed by atoms with van der Waals surface area (Å²) in [5, 5.41) is 5.94. The van der Waals surface area contributed by atoms with Crippen molar-refractivity contribution >= 4 is 15.7 Å². The van der Waals surface area contributed by atoms with Crippen LogP contribution in [0.5, 0.6) is 5.75 Å². The number of carbonyl (C=O) groups excluding carboxylic acids is 1. The fraction of sp³-hybridized carbons (Fsp3) is 0.533. The van der Waals surface area contributed by atoms with Crippen LogP contribution in [0.2, 0.25) is 0 Å². The molecule has 0 aromatic heterocycles. The molecular weight excluding hydrogens is 304 g/mol. The van der Waals surface area contributed by atoms with Crippen LogP contribution < -0.4 is 15.4 Å². The number of sulfone groups is 1. The molecule has 0 spiro atoms. The predicted molar refractivity (Wildman–Crippen MR) is 85.8 cm³/mol. The van der Waals surface area contributed by atoms with Gasteiger partial charge in [-0.05, 0) is 37.2 Å². The molecule has 1 aromatic rings. The van der Waals surface area contributed by atoms with Crippen LogP contribution in [-0.4, -0.2) is 46.8 Å². The maximum absolute atomic E-state index is 11.5. The van der Waals surface area contributed by atoms with Gasteiger partial charge in [0.2, 0.25) is 5.91 Å². The Bertz CT molecular complexity index is 555. The first-order chi connectivity index (χ1) is 10.4. The summed E-state index contributed by atoms with van der Waals surface area (Å²) < 4.78 is 28.1. The Hall–Kier alpha value is -1.60. The van der Waals surface area contributed by atoms with E-state index >= 15 is 0 Å². The van der Waals surface area contributed by atoms with Crippen molar-refractivity contribution in [3.8, 4) is 5.75 Å². The van der Waals surface area contributed by atoms with E-state index in [0.717, 1.165) is 19.3 Å². The Morgan fingerprint density at radius 3 is 2.45 bits per heavy atom. The van der Waals surface area contributed by atoms with E-state index in [4.69, 9.17) is 4.74 Å². The van der Waals surface area contributed by atoms with Gasteiger partial charge < -0.3 is 15.4 Å². The van der Waals surface area contributed by atoms with E-state index in [9.17, 15) is 13.2 Å². The highest BCUT2D eigenvalue weighted by Crippen LogP contribution is 2.16. The van der Waals surface area contributed by atoms with Gasteiger partial charge in [0.1, 0.15) is 5.75 Å². The molecule has 0 aliphatic rings. The van der Waals surface area contributed by atoms with Gasteiger partial charge in [-0.1, -0.05) is 6.92 Å². The maximum atomic E-state index is 11.5. The topological polar surface area (TPSA) is 84.5 Å². The fourth-order valence-corrected chi connectivity index (χ4v) is 2.39. The first kappa shape index (κ1) is 18.4. The van der Waals surface area contributed by atoms with Crippen LogP contribution >= 0.6 is 0 Å². The van der Waals surface area contributed by atoms with Crippen molar-refractivity contribution in [2.45, 2.75) is 24.7 Å². The number of likely N-dealkylation sites (N-methyl/N-ethyl adjacent to an activating group) is 1. The second-order valence-corrected chi connectivity index (χ2v) is 6.91. The normalized spacial score (nSPS) is 11.2. The standard InChI is InChI=1S/C15H24N2O4S/c1-3-16-10-11-17-15(18)5-4-12-21-13-6-8-14(9-7-13)22(2,19)20/h6-9,16H,3-5,10-12H2,1-2H3,(H,17,18). The molecule has 0 aliphatic heterocycles. The molecule has 0 saturated carbocycles. The van der Waals surface area contributed by atoms with Crippen LogP contribution in [0.3, 0.4) is 0 Å². The minimum absolute atomic E-state index is 0.00827. The molecule has 1 aromatic carbocycles. The molecule has 0 radical (unpaired) electrons. The third-order valence-corrected chi connectivity index (χ3v) is 4.07. The zero-order valence-electron chi connectivity index (χ0n) is 13.1. The second kappa shape index (κ2) is 9.42. The molecule has 0 atom stereocenters. The quantitative estimate of drug-likeness (QED) is 0.625. The zero-order valence-corrected chi connectivity index (χ0v) is 13.9. The number of rotatable bonds is 10. The highest BCUT2D eigenvalue weighted by atomic mass is 32.2. The number of amides is 1. The van der Waals surface area contributed by atoms with E-state index in [1.165, 1.54) is 12.1 Å². The van der Waals surface area contributed by atoms with Crippen molar-refractivity contribution in [3.63, 3.8) is 0 Å². The van der Waals surface area contributed by atoms with E-state index in [0.29, 0.717) is 31.7 Å². The highest BCUT2D eigenvalue weighted by molar-refractivity contribution is 7.90. The van der Waals surface area contributed by atoms with E-state index in [-0.39, 0.29) is 10.8 Å². The van der Waals surface area contributed by atoms with E-state index in [1.54, 1.807) is 12.1 Å². The number of ether oxygens (including phenoxy) is 1. The smallest absolute Gasteiger partial charge is 0.220 e. The first-order valence-corrected chi connectivity index (χ1v) is 9.23. The third-order valence-electron chi connectivity index (χ3n) is 2.94. The van der Waals surface area contributed by atoms with Crippen molar-refractivity contribution in [1.29, 1.82) is 0 Å². The summed E-state index contributed by atoms with van der Waals surface area (Å²) in [4.78, 5) is 11.8. The van der Waals surface area contributed by atoms with Crippen LogP contribution in [-0.2, 0) is 14.6 Å². The van der Waals surface area contributed by atoms with Crippen molar-refractivity contribution in [2.75, 3.05) is 32.5 Å². The molecule has 124 valence electrons. The maximum Gasteiger partial charge on any atom is 0.220 e. The summed E-state index contributed by atoms with van der Waals surface area (Å²) >= 11 is 0. The molecule has 0 bridgehead atoms. The largest absolute Gasteiger partial charge is 0.494 e. The average Bonchev–Trinajstić information content (AvgIpc) is 2.48. The number of hydrogen-bond acceptors (Lipinski definition) is 5. The minimum atomic E-state index is -3.18. The highest BCUT2D eigenvalue weighted by Gasteiger charge is 2.06. The van der Waals surface area contributed by atoms with Gasteiger partial charge in [0, 0.05) is 25.8 Å². The Labute approximate surface area is 132 Å². The Balaban J connectivity index is 2.20. The molecule has 0 fully saturated rings. The second-order valence-electron chi connectivity index (χ2n) is 4.90. The molecule has 1 rings (SSSR count). The van der Waals surface area contributed by atoms with Crippen molar-refractivity contribution in [2.24, 2.45) is 0 Å². The molecule has 0 unspecified atom stereocenters. The van der Waals surface area contributed by atoms with Gasteiger partial charge >= 0.3 is 0 Å². The van der Waals surface area contributed by atoms with Crippen LogP contribution in [0.15, 0.2) is 29.2 Å². The first-order valence-electron chi connectivity index (χ1n) is 7.34. The van der Waals surface area contributed by atoms with Crippen LogP contribution in [0.25, 0.3) is 0 Å². The van der Waals surface area contributed by atoms with Crippen molar-refractivity contribution in [3.05, 3.63) is 24.3 Å². The lowest BCUT2D eigenvalue weighted by molar-refractivity contribution is -0.121. The zero-order chi connectivity index (χ0) is 16.4. The number of benzene rings is 1. The van der Waals surface area contributed by atoms with Gasteiger partial charge in [0.05, 0.1) is 11.5 Å². The van der Waals surface area contributed by atoms with Gasteiger partial charge in [-0.3, -0.25) is 4.79 Å². The fourth-order valence-electron chi connectivity index (χ4n) is 1.76. The molecule has 22 heavy (non-hydrogen) atoms. The van der Waals surface area contributed by atoms with E-state index in [2.05, 4.69) is 10.6 Å². The monoisotopic (exact) mass is 328 g/mol. The van der Waals surface area contributed by atoms with E-state index in [1.807, 2.05) is 6.92 Å². The Morgan fingerprint density at radius 1 is 1.18 bits per heavy atom. The molecule has 7 heteroatoms. The summed E-state index contributed by atoms with van der Waals surface area (Å²) in [5.41, 5.74) is 0. The molecular formula is C15H24N2O4S. The molecule has 0 aliphatic carbocycles. The van der Waals surface area contributed by atoms with Crippen LogP contribution in [0.1, 0.15) is 19.8 Å². The van der Waals surface area contributed by atoms with Gasteiger partial charge in [0.25, 0.3) is 0 Å². The molecule has 1 amide bonds. The number of carbonyl (C=O) groups is 1. The number of nitrogens with one attached hydrogen (secondary N) is 2. The number of hydrogen-bond donors (Lipinski definition) is 2. The van der Waals surface area contributed by atoms with Gasteiger partial charge in [0.15, 0.2) is 9.84 Å². The lowest BCUT2D eigenvalue weighted by Gasteiger charge is -2.08. The lowest BCUT2D eigenvalue weighted by atomic mass is 10.3. The average molecular weight is 328 g/mol. The van der Waals surface area contributed by atoms with E-state index < -0.39 is 9.84 Å². The minimum Gasteiger partial charge on any atom is -0.494 e. The summed E-state index contributed by atoms with van der Waals surface area (Å²) in [6.07, 6.45) is 2.19. The predicted octanol–water partition coefficient (Wildman–Crippen LogP) is 0.975. The van der Waals surface area contributed by atoms with Crippen molar-refractivity contribution < 1.29 is 17.9 Å². The summed E-state index contributed by atoms with van der Waals surface area (Å²) in [6.45, 7) is 4.72. The summed E-state index contributed by atoms with van der Waals surface area (Å²) in [5.74, 6) is 0.605. The van der Waals surface area contributed by atoms with Gasteiger partial charge in [-0.15, -0.1) is 0 Å². The van der Waals surface area contributed by atoms with Crippen LogP contribution in [0, 0.1) is 0 Å². The van der Waals surface area contributed by atoms with Crippen molar-refractivity contribution in [1.82, 2.24) is 10.6 Å². The molecule has 2 N–H and O–H groups in total. The summed E-state index contributed by atoms with van der Waals surface area (Å²) in [7, 11) is -3.18.